The molecule has 4 heteroatoms. The lowest BCUT2D eigenvalue weighted by Gasteiger charge is -2.32. The van der Waals surface area contributed by atoms with Crippen LogP contribution in [0.5, 0.6) is 0 Å². The average molecular weight is 293 g/mol. The summed E-state index contributed by atoms with van der Waals surface area (Å²) < 4.78 is 11.2. The number of hydrogen-bond donors (Lipinski definition) is 1. The standard InChI is InChI=1S/C17H27NO3/c1-2-21-17-8-10-18(11-9-17)12-16(19)14-20-13-15-6-4-3-5-7-15/h3-7,16-17,19H,2,8-14H2,1H3. The first-order valence-corrected chi connectivity index (χ1v) is 7.91. The lowest BCUT2D eigenvalue weighted by molar-refractivity contribution is -0.0172. The quantitative estimate of drug-likeness (QED) is 0.797. The highest BCUT2D eigenvalue weighted by atomic mass is 16.5. The number of β-amino-alcohol motifs (C(OH)–C–C–N with tert-alkyl or cyclic N) is 1. The van der Waals surface area contributed by atoms with Gasteiger partial charge >= 0.3 is 0 Å². The van der Waals surface area contributed by atoms with Gasteiger partial charge in [0.2, 0.25) is 0 Å². The number of benzene rings is 1. The van der Waals surface area contributed by atoms with Crippen molar-refractivity contribution in [3.05, 3.63) is 35.9 Å². The van der Waals surface area contributed by atoms with Gasteiger partial charge in [0.1, 0.15) is 0 Å². The van der Waals surface area contributed by atoms with Gasteiger partial charge < -0.3 is 19.5 Å². The lowest BCUT2D eigenvalue weighted by Crippen LogP contribution is -2.42. The molecular weight excluding hydrogens is 266 g/mol. The van der Waals surface area contributed by atoms with Crippen molar-refractivity contribution in [3.63, 3.8) is 0 Å². The maximum atomic E-state index is 10.1. The normalized spacial score (nSPS) is 18.8. The van der Waals surface area contributed by atoms with E-state index in [-0.39, 0.29) is 0 Å². The summed E-state index contributed by atoms with van der Waals surface area (Å²) in [6.45, 7) is 6.47. The van der Waals surface area contributed by atoms with E-state index in [1.165, 1.54) is 0 Å². The molecule has 21 heavy (non-hydrogen) atoms. The third-order valence-electron chi connectivity index (χ3n) is 3.83. The van der Waals surface area contributed by atoms with Crippen LogP contribution in [0.25, 0.3) is 0 Å². The molecule has 1 N–H and O–H groups in total. The van der Waals surface area contributed by atoms with Crippen molar-refractivity contribution in [3.8, 4) is 0 Å². The maximum Gasteiger partial charge on any atom is 0.0900 e. The number of aliphatic hydroxyl groups is 1. The first-order valence-electron chi connectivity index (χ1n) is 7.91. The molecule has 1 saturated heterocycles. The molecule has 1 heterocycles. The molecule has 0 saturated carbocycles. The Bertz CT molecular complexity index is 377. The fourth-order valence-electron chi connectivity index (χ4n) is 2.73. The molecule has 4 nitrogen and oxygen atoms in total. The fourth-order valence-corrected chi connectivity index (χ4v) is 2.73. The minimum atomic E-state index is -0.419. The Balaban J connectivity index is 1.58. The summed E-state index contributed by atoms with van der Waals surface area (Å²) >= 11 is 0. The summed E-state index contributed by atoms with van der Waals surface area (Å²) in [4.78, 5) is 2.30. The Labute approximate surface area is 127 Å². The molecule has 1 aromatic carbocycles. The molecule has 1 unspecified atom stereocenters. The van der Waals surface area contributed by atoms with Crippen LogP contribution in [0.1, 0.15) is 25.3 Å². The fraction of sp³-hybridized carbons (Fsp3) is 0.647. The summed E-state index contributed by atoms with van der Waals surface area (Å²) in [5.74, 6) is 0. The van der Waals surface area contributed by atoms with E-state index < -0.39 is 6.10 Å². The summed E-state index contributed by atoms with van der Waals surface area (Å²) in [6.07, 6.45) is 2.10. The van der Waals surface area contributed by atoms with E-state index in [0.29, 0.717) is 25.9 Å². The van der Waals surface area contributed by atoms with Gasteiger partial charge in [-0.3, -0.25) is 0 Å². The maximum absolute atomic E-state index is 10.1. The van der Waals surface area contributed by atoms with E-state index in [1.807, 2.05) is 37.3 Å². The van der Waals surface area contributed by atoms with E-state index in [1.54, 1.807) is 0 Å². The van der Waals surface area contributed by atoms with E-state index in [9.17, 15) is 5.11 Å². The largest absolute Gasteiger partial charge is 0.389 e. The molecule has 1 aromatic rings. The second kappa shape index (κ2) is 9.15. The average Bonchev–Trinajstić information content (AvgIpc) is 2.51. The molecule has 0 bridgehead atoms. The van der Waals surface area contributed by atoms with Gasteiger partial charge in [0.25, 0.3) is 0 Å². The predicted octanol–water partition coefficient (Wildman–Crippen LogP) is 2.06. The van der Waals surface area contributed by atoms with E-state index in [2.05, 4.69) is 4.90 Å². The van der Waals surface area contributed by atoms with E-state index >= 15 is 0 Å². The molecule has 0 radical (unpaired) electrons. The number of aliphatic hydroxyl groups excluding tert-OH is 1. The number of nitrogens with zero attached hydrogens (tertiary/aromatic N) is 1. The van der Waals surface area contributed by atoms with Crippen molar-refractivity contribution in [1.29, 1.82) is 0 Å². The number of likely N-dealkylation sites (tertiary alicyclic amines) is 1. The molecule has 1 fully saturated rings. The van der Waals surface area contributed by atoms with Gasteiger partial charge in [0, 0.05) is 26.2 Å². The highest BCUT2D eigenvalue weighted by Crippen LogP contribution is 2.14. The van der Waals surface area contributed by atoms with Crippen LogP contribution in [0.15, 0.2) is 30.3 Å². The molecule has 0 aliphatic carbocycles. The van der Waals surface area contributed by atoms with E-state index in [0.717, 1.165) is 38.1 Å². The van der Waals surface area contributed by atoms with Crippen molar-refractivity contribution in [1.82, 2.24) is 4.90 Å². The summed E-state index contributed by atoms with van der Waals surface area (Å²) in [7, 11) is 0. The zero-order chi connectivity index (χ0) is 14.9. The minimum Gasteiger partial charge on any atom is -0.389 e. The monoisotopic (exact) mass is 293 g/mol. The van der Waals surface area contributed by atoms with Crippen molar-refractivity contribution in [2.75, 3.05) is 32.8 Å². The van der Waals surface area contributed by atoms with Crippen molar-refractivity contribution >= 4 is 0 Å². The van der Waals surface area contributed by atoms with Crippen LogP contribution in [-0.4, -0.2) is 55.1 Å². The zero-order valence-corrected chi connectivity index (χ0v) is 12.9. The van der Waals surface area contributed by atoms with Crippen LogP contribution < -0.4 is 0 Å². The molecule has 1 atom stereocenters. The lowest BCUT2D eigenvalue weighted by atomic mass is 10.1. The molecule has 0 spiro atoms. The van der Waals surface area contributed by atoms with Crippen molar-refractivity contribution in [2.24, 2.45) is 0 Å². The number of rotatable bonds is 8. The van der Waals surface area contributed by atoms with Gasteiger partial charge in [0.15, 0.2) is 0 Å². The Morgan fingerprint density at radius 1 is 1.24 bits per heavy atom. The predicted molar refractivity (Wildman–Crippen MR) is 83.2 cm³/mol. The molecule has 2 rings (SSSR count). The van der Waals surface area contributed by atoms with Gasteiger partial charge in [-0.2, -0.15) is 0 Å². The van der Waals surface area contributed by atoms with Crippen LogP contribution in [0.3, 0.4) is 0 Å². The van der Waals surface area contributed by atoms with Crippen LogP contribution in [0.2, 0.25) is 0 Å². The first kappa shape index (κ1) is 16.4. The minimum absolute atomic E-state index is 0.389. The van der Waals surface area contributed by atoms with E-state index in [4.69, 9.17) is 9.47 Å². The Morgan fingerprint density at radius 2 is 1.95 bits per heavy atom. The summed E-state index contributed by atoms with van der Waals surface area (Å²) in [5, 5.41) is 10.1. The van der Waals surface area contributed by atoms with Gasteiger partial charge in [-0.15, -0.1) is 0 Å². The van der Waals surface area contributed by atoms with Crippen molar-refractivity contribution < 1.29 is 14.6 Å². The van der Waals surface area contributed by atoms with Crippen LogP contribution in [-0.2, 0) is 16.1 Å². The Hall–Kier alpha value is -0.940. The zero-order valence-electron chi connectivity index (χ0n) is 12.9. The number of hydrogen-bond acceptors (Lipinski definition) is 4. The van der Waals surface area contributed by atoms with Crippen LogP contribution in [0.4, 0.5) is 0 Å². The third kappa shape index (κ3) is 6.14. The molecule has 1 aliphatic rings. The molecule has 118 valence electrons. The smallest absolute Gasteiger partial charge is 0.0900 e. The van der Waals surface area contributed by atoms with Crippen molar-refractivity contribution in [2.45, 2.75) is 38.6 Å². The van der Waals surface area contributed by atoms with Gasteiger partial charge in [-0.05, 0) is 25.3 Å². The first-order chi connectivity index (χ1) is 10.3. The van der Waals surface area contributed by atoms with Crippen LogP contribution >= 0.6 is 0 Å². The molecule has 1 aliphatic heterocycles. The second-order valence-corrected chi connectivity index (χ2v) is 5.61. The summed E-state index contributed by atoms with van der Waals surface area (Å²) in [5.41, 5.74) is 1.14. The van der Waals surface area contributed by atoms with Gasteiger partial charge in [-0.25, -0.2) is 0 Å². The number of ether oxygens (including phenoxy) is 2. The highest BCUT2D eigenvalue weighted by Gasteiger charge is 2.21. The highest BCUT2D eigenvalue weighted by molar-refractivity contribution is 5.13. The molecular formula is C17H27NO3. The van der Waals surface area contributed by atoms with Gasteiger partial charge in [-0.1, -0.05) is 30.3 Å². The van der Waals surface area contributed by atoms with Gasteiger partial charge in [0.05, 0.1) is 25.4 Å². The Morgan fingerprint density at radius 3 is 2.62 bits per heavy atom. The molecule has 0 aromatic heterocycles. The third-order valence-corrected chi connectivity index (χ3v) is 3.83. The molecule has 0 amide bonds. The van der Waals surface area contributed by atoms with Crippen LogP contribution in [0, 0.1) is 0 Å². The Kier molecular flexibility index (Phi) is 7.16. The summed E-state index contributed by atoms with van der Waals surface area (Å²) in [6, 6.07) is 10.1. The topological polar surface area (TPSA) is 41.9 Å². The second-order valence-electron chi connectivity index (χ2n) is 5.61. The SMILES string of the molecule is CCOC1CCN(CC(O)COCc2ccccc2)CC1. The number of piperidine rings is 1.